The number of hydrogen-bond acceptors (Lipinski definition) is 2. The van der Waals surface area contributed by atoms with Gasteiger partial charge in [-0.15, -0.1) is 0 Å². The molecule has 0 heterocycles. The summed E-state index contributed by atoms with van der Waals surface area (Å²) in [4.78, 5) is -0.962. The van der Waals surface area contributed by atoms with Crippen LogP contribution < -0.4 is 0 Å². The largest absolute Gasteiger partial charge is 0.246 e. The highest BCUT2D eigenvalue weighted by Crippen LogP contribution is 2.23. The van der Waals surface area contributed by atoms with Crippen molar-refractivity contribution in [2.45, 2.75) is 11.4 Å². The summed E-state index contributed by atoms with van der Waals surface area (Å²) in [6.07, 6.45) is 0. The van der Waals surface area contributed by atoms with Gasteiger partial charge in [-0.25, -0.2) is 26.0 Å². The summed E-state index contributed by atoms with van der Waals surface area (Å²) in [5.74, 6) is -5.58. The second kappa shape index (κ2) is 6.05. The molecule has 8 heteroatoms. The molecule has 0 aliphatic heterocycles. The summed E-state index contributed by atoms with van der Waals surface area (Å²) in [6.45, 7) is -0.180. The van der Waals surface area contributed by atoms with Gasteiger partial charge < -0.3 is 0 Å². The summed E-state index contributed by atoms with van der Waals surface area (Å²) < 4.78 is 77.7. The van der Waals surface area contributed by atoms with Crippen molar-refractivity contribution in [3.8, 4) is 0 Å². The Balaban J connectivity index is 2.34. The maximum Gasteiger partial charge on any atom is 0.246 e. The Kier molecular flexibility index (Phi) is 4.52. The van der Waals surface area contributed by atoms with Crippen LogP contribution in [0.4, 0.5) is 17.6 Å². The van der Waals surface area contributed by atoms with E-state index in [0.29, 0.717) is 17.7 Å². The molecule has 2 aromatic carbocycles. The topological polar surface area (TPSA) is 37.4 Å². The van der Waals surface area contributed by atoms with E-state index in [1.807, 2.05) is 0 Å². The van der Waals surface area contributed by atoms with Gasteiger partial charge in [0.25, 0.3) is 0 Å². The van der Waals surface area contributed by atoms with E-state index in [1.54, 1.807) is 0 Å². The summed E-state index contributed by atoms with van der Waals surface area (Å²) in [6, 6.07) is 6.22. The summed E-state index contributed by atoms with van der Waals surface area (Å²) in [5.41, 5.74) is 0.454. The molecule has 0 amide bonds. The van der Waals surface area contributed by atoms with Gasteiger partial charge in [0.15, 0.2) is 17.5 Å². The standard InChI is InChI=1S/C14H11F4NO2S/c1-19(8-9-2-4-10(15)5-3-9)22(20,21)12-7-6-11(16)13(17)14(12)18/h2-7H,8H2,1H3. The number of benzene rings is 2. The van der Waals surface area contributed by atoms with Gasteiger partial charge in [0.05, 0.1) is 0 Å². The SMILES string of the molecule is CN(Cc1ccc(F)cc1)S(=O)(=O)c1ccc(F)c(F)c1F. The van der Waals surface area contributed by atoms with E-state index in [1.165, 1.54) is 12.1 Å². The van der Waals surface area contributed by atoms with E-state index in [-0.39, 0.29) is 6.54 Å². The van der Waals surface area contributed by atoms with Gasteiger partial charge in [0.1, 0.15) is 10.7 Å². The summed E-state index contributed by atoms with van der Waals surface area (Å²) in [5, 5.41) is 0. The smallest absolute Gasteiger partial charge is 0.207 e. The zero-order valence-corrected chi connectivity index (χ0v) is 12.2. The van der Waals surface area contributed by atoms with Crippen molar-refractivity contribution in [1.82, 2.24) is 4.31 Å². The van der Waals surface area contributed by atoms with Crippen LogP contribution in [0.5, 0.6) is 0 Å². The minimum Gasteiger partial charge on any atom is -0.207 e. The third kappa shape index (κ3) is 3.12. The Morgan fingerprint density at radius 2 is 1.50 bits per heavy atom. The average Bonchev–Trinajstić information content (AvgIpc) is 2.47. The highest BCUT2D eigenvalue weighted by Gasteiger charge is 2.27. The molecule has 0 aliphatic carbocycles. The van der Waals surface area contributed by atoms with Crippen LogP contribution in [-0.2, 0) is 16.6 Å². The molecule has 2 rings (SSSR count). The van der Waals surface area contributed by atoms with Crippen molar-refractivity contribution in [3.63, 3.8) is 0 Å². The predicted molar refractivity (Wildman–Crippen MR) is 71.4 cm³/mol. The molecule has 0 atom stereocenters. The van der Waals surface area contributed by atoms with Gasteiger partial charge in [-0.1, -0.05) is 12.1 Å². The molecule has 0 aromatic heterocycles. The number of hydrogen-bond donors (Lipinski definition) is 0. The Morgan fingerprint density at radius 3 is 2.09 bits per heavy atom. The third-order valence-corrected chi connectivity index (χ3v) is 4.83. The second-order valence-corrected chi connectivity index (χ2v) is 6.57. The molecule has 0 N–H and O–H groups in total. The van der Waals surface area contributed by atoms with Crippen LogP contribution in [-0.4, -0.2) is 19.8 Å². The van der Waals surface area contributed by atoms with Crippen LogP contribution in [0.1, 0.15) is 5.56 Å². The third-order valence-electron chi connectivity index (χ3n) is 3.01. The predicted octanol–water partition coefficient (Wildman–Crippen LogP) is 3.06. The first-order chi connectivity index (χ1) is 10.2. The molecule has 22 heavy (non-hydrogen) atoms. The van der Waals surface area contributed by atoms with Crippen molar-refractivity contribution < 1.29 is 26.0 Å². The van der Waals surface area contributed by atoms with Gasteiger partial charge in [0, 0.05) is 13.6 Å². The molecule has 0 saturated heterocycles. The monoisotopic (exact) mass is 333 g/mol. The molecule has 0 bridgehead atoms. The molecule has 0 saturated carbocycles. The van der Waals surface area contributed by atoms with Crippen molar-refractivity contribution in [2.75, 3.05) is 7.05 Å². The minimum absolute atomic E-state index is 0.180. The van der Waals surface area contributed by atoms with E-state index in [0.717, 1.165) is 23.5 Å². The van der Waals surface area contributed by atoms with Gasteiger partial charge in [-0.2, -0.15) is 4.31 Å². The number of nitrogens with zero attached hydrogens (tertiary/aromatic N) is 1. The van der Waals surface area contributed by atoms with Crippen molar-refractivity contribution >= 4 is 10.0 Å². The average molecular weight is 333 g/mol. The molecule has 0 fully saturated rings. The lowest BCUT2D eigenvalue weighted by molar-refractivity contribution is 0.421. The molecule has 118 valence electrons. The lowest BCUT2D eigenvalue weighted by Gasteiger charge is -2.18. The molecule has 2 aromatic rings. The van der Waals surface area contributed by atoms with Crippen LogP contribution >= 0.6 is 0 Å². The highest BCUT2D eigenvalue weighted by atomic mass is 32.2. The lowest BCUT2D eigenvalue weighted by atomic mass is 10.2. The van der Waals surface area contributed by atoms with E-state index in [4.69, 9.17) is 0 Å². The Labute approximate surface area is 124 Å². The summed E-state index contributed by atoms with van der Waals surface area (Å²) in [7, 11) is -3.21. The van der Waals surface area contributed by atoms with Gasteiger partial charge in [-0.3, -0.25) is 0 Å². The highest BCUT2D eigenvalue weighted by molar-refractivity contribution is 7.89. The van der Waals surface area contributed by atoms with Crippen molar-refractivity contribution in [3.05, 3.63) is 65.2 Å². The molecular formula is C14H11F4NO2S. The van der Waals surface area contributed by atoms with Crippen LogP contribution in [0.2, 0.25) is 0 Å². The van der Waals surface area contributed by atoms with Crippen LogP contribution in [0.25, 0.3) is 0 Å². The Morgan fingerprint density at radius 1 is 0.909 bits per heavy atom. The van der Waals surface area contributed by atoms with E-state index < -0.39 is 38.2 Å². The summed E-state index contributed by atoms with van der Waals surface area (Å²) >= 11 is 0. The molecule has 3 nitrogen and oxygen atoms in total. The lowest BCUT2D eigenvalue weighted by Crippen LogP contribution is -2.27. The number of halogens is 4. The fourth-order valence-corrected chi connectivity index (χ4v) is 3.02. The zero-order chi connectivity index (χ0) is 16.5. The fourth-order valence-electron chi connectivity index (χ4n) is 1.81. The molecule has 0 aliphatic rings. The minimum atomic E-state index is -4.36. The Hall–Kier alpha value is -1.93. The van der Waals surface area contributed by atoms with Gasteiger partial charge in [-0.05, 0) is 29.8 Å². The number of sulfonamides is 1. The first-order valence-electron chi connectivity index (χ1n) is 6.08. The van der Waals surface area contributed by atoms with E-state index >= 15 is 0 Å². The van der Waals surface area contributed by atoms with Crippen LogP contribution in [0.3, 0.4) is 0 Å². The van der Waals surface area contributed by atoms with E-state index in [2.05, 4.69) is 0 Å². The number of rotatable bonds is 4. The Bertz CT molecular complexity index is 791. The van der Waals surface area contributed by atoms with Gasteiger partial charge in [0.2, 0.25) is 10.0 Å². The quantitative estimate of drug-likeness (QED) is 0.637. The maximum absolute atomic E-state index is 13.6. The van der Waals surface area contributed by atoms with E-state index in [9.17, 15) is 26.0 Å². The van der Waals surface area contributed by atoms with Crippen LogP contribution in [0, 0.1) is 23.3 Å². The first-order valence-corrected chi connectivity index (χ1v) is 7.52. The molecule has 0 spiro atoms. The van der Waals surface area contributed by atoms with Crippen molar-refractivity contribution in [2.24, 2.45) is 0 Å². The molecular weight excluding hydrogens is 322 g/mol. The molecule has 0 unspecified atom stereocenters. The normalized spacial score (nSPS) is 11.9. The van der Waals surface area contributed by atoms with Crippen molar-refractivity contribution in [1.29, 1.82) is 0 Å². The second-order valence-electron chi connectivity index (χ2n) is 4.56. The first kappa shape index (κ1) is 16.4. The zero-order valence-electron chi connectivity index (χ0n) is 11.4. The van der Waals surface area contributed by atoms with Crippen LogP contribution in [0.15, 0.2) is 41.3 Å². The molecule has 0 radical (unpaired) electrons. The fraction of sp³-hybridized carbons (Fsp3) is 0.143. The maximum atomic E-state index is 13.6. The van der Waals surface area contributed by atoms with Gasteiger partial charge >= 0.3 is 0 Å².